The molecule has 0 N–H and O–H groups in total. The van der Waals surface area contributed by atoms with Gasteiger partial charge in [-0.25, -0.2) is 24.5 Å². The number of carbonyl (C=O) groups is 3. The lowest BCUT2D eigenvalue weighted by Crippen LogP contribution is -2.44. The summed E-state index contributed by atoms with van der Waals surface area (Å²) in [5.41, 5.74) is -0.496. The summed E-state index contributed by atoms with van der Waals surface area (Å²) in [6, 6.07) is 0. The zero-order valence-corrected chi connectivity index (χ0v) is 25.7. The number of aliphatic imine (C=N–C) groups is 1. The molecule has 0 spiro atoms. The number of imide groups is 1. The number of ether oxygens (including phenoxy) is 3. The quantitative estimate of drug-likeness (QED) is 0.218. The minimum absolute atomic E-state index is 0.0800. The highest BCUT2D eigenvalue weighted by atomic mass is 16.6. The Hall–Kier alpha value is -3.01. The molecule has 1 aromatic rings. The summed E-state index contributed by atoms with van der Waals surface area (Å²) in [7, 11) is 3.25. The van der Waals surface area contributed by atoms with E-state index in [1.807, 2.05) is 30.7 Å². The molecule has 0 saturated heterocycles. The monoisotopic (exact) mass is 548 g/mol. The summed E-state index contributed by atoms with van der Waals surface area (Å²) < 4.78 is 16.9. The lowest BCUT2D eigenvalue weighted by Gasteiger charge is -2.28. The Bertz CT molecular complexity index is 1000. The molecule has 10 nitrogen and oxygen atoms in total. The Morgan fingerprint density at radius 2 is 1.67 bits per heavy atom. The second-order valence-electron chi connectivity index (χ2n) is 11.8. The van der Waals surface area contributed by atoms with Crippen LogP contribution in [0.25, 0.3) is 0 Å². The average Bonchev–Trinajstić information content (AvgIpc) is 3.26. The number of methoxy groups -OCH3 is 1. The summed E-state index contributed by atoms with van der Waals surface area (Å²) in [6.07, 6.45) is 7.83. The maximum absolute atomic E-state index is 12.7. The van der Waals surface area contributed by atoms with Crippen LogP contribution in [0.2, 0.25) is 0 Å². The molecule has 2 unspecified atom stereocenters. The van der Waals surface area contributed by atoms with Crippen molar-refractivity contribution in [3.63, 3.8) is 0 Å². The van der Waals surface area contributed by atoms with Crippen LogP contribution >= 0.6 is 0 Å². The van der Waals surface area contributed by atoms with Gasteiger partial charge in [-0.1, -0.05) is 13.0 Å². The summed E-state index contributed by atoms with van der Waals surface area (Å²) in [6.45, 7) is 16.5. The summed E-state index contributed by atoms with van der Waals surface area (Å²) in [5, 5.41) is 0. The van der Waals surface area contributed by atoms with E-state index in [9.17, 15) is 14.4 Å². The van der Waals surface area contributed by atoms with Gasteiger partial charge >= 0.3 is 12.2 Å². The predicted octanol–water partition coefficient (Wildman–Crippen LogP) is 6.14. The van der Waals surface area contributed by atoms with E-state index in [0.717, 1.165) is 29.1 Å². The number of aldehydes is 1. The van der Waals surface area contributed by atoms with E-state index in [2.05, 4.69) is 21.6 Å². The van der Waals surface area contributed by atoms with Crippen molar-refractivity contribution in [2.24, 2.45) is 10.9 Å². The van der Waals surface area contributed by atoms with Gasteiger partial charge in [0, 0.05) is 32.7 Å². The van der Waals surface area contributed by atoms with Crippen molar-refractivity contribution in [1.29, 1.82) is 0 Å². The predicted molar refractivity (Wildman–Crippen MR) is 152 cm³/mol. The molecule has 2 rings (SSSR count). The summed E-state index contributed by atoms with van der Waals surface area (Å²) in [5.74, 6) is 0.857. The third kappa shape index (κ3) is 10.9. The molecule has 10 heteroatoms. The molecule has 1 aliphatic rings. The Labute approximate surface area is 233 Å². The number of hydrogen-bond donors (Lipinski definition) is 0. The Kier molecular flexibility index (Phi) is 12.6. The molecule has 0 aromatic carbocycles. The van der Waals surface area contributed by atoms with Gasteiger partial charge in [0.05, 0.1) is 11.1 Å². The second kappa shape index (κ2) is 14.4. The van der Waals surface area contributed by atoms with Gasteiger partial charge in [-0.2, -0.15) is 0 Å². The Balaban J connectivity index is 0.00000242. The van der Waals surface area contributed by atoms with E-state index in [1.165, 1.54) is 0 Å². The molecule has 39 heavy (non-hydrogen) atoms. The van der Waals surface area contributed by atoms with E-state index < -0.39 is 28.8 Å². The molecular weight excluding hydrogens is 500 g/mol. The van der Waals surface area contributed by atoms with Crippen molar-refractivity contribution in [1.82, 2.24) is 14.5 Å². The van der Waals surface area contributed by atoms with Crippen LogP contribution < -0.4 is 0 Å². The fourth-order valence-corrected chi connectivity index (χ4v) is 4.01. The fraction of sp³-hybridized carbons (Fsp3) is 0.690. The summed E-state index contributed by atoms with van der Waals surface area (Å²) in [4.78, 5) is 47.6. The zero-order chi connectivity index (χ0) is 30.0. The third-order valence-corrected chi connectivity index (χ3v) is 5.80. The lowest BCUT2D eigenvalue weighted by atomic mass is 9.99. The van der Waals surface area contributed by atoms with Gasteiger partial charge < -0.3 is 19.0 Å². The van der Waals surface area contributed by atoms with Gasteiger partial charge in [-0.05, 0) is 87.0 Å². The molecule has 1 aromatic heterocycles. The minimum atomic E-state index is -0.744. The van der Waals surface area contributed by atoms with E-state index >= 15 is 0 Å². The van der Waals surface area contributed by atoms with E-state index in [-0.39, 0.29) is 12.5 Å². The maximum atomic E-state index is 12.7. The van der Waals surface area contributed by atoms with Crippen LogP contribution in [0.4, 0.5) is 9.59 Å². The number of nitrogens with zero attached hydrogens (tertiary/aromatic N) is 4. The van der Waals surface area contributed by atoms with Gasteiger partial charge in [-0.15, -0.1) is 0 Å². The molecule has 0 aliphatic heterocycles. The Morgan fingerprint density at radius 1 is 1.13 bits per heavy atom. The van der Waals surface area contributed by atoms with Gasteiger partial charge in [-0.3, -0.25) is 4.57 Å². The number of amides is 2. The molecule has 220 valence electrons. The van der Waals surface area contributed by atoms with E-state index in [0.29, 0.717) is 25.0 Å². The number of imidazole rings is 1. The molecule has 1 heterocycles. The molecule has 1 aliphatic carbocycles. The highest BCUT2D eigenvalue weighted by molar-refractivity contribution is 5.88. The second-order valence-corrected chi connectivity index (χ2v) is 11.8. The summed E-state index contributed by atoms with van der Waals surface area (Å²) >= 11 is 0. The lowest BCUT2D eigenvalue weighted by molar-refractivity contribution is -0.110. The standard InChI is InChI=1S/C27H42N4O5.C2H6O/c1-10-12-19(2)29-20(3)30-16-22(28-18-30)27(17-32)15-21(27)13-11-14-31(23(33)35-25(4,5)6)24(34)36-26(7,8)9;1-3-2/h12,16-18,21H,10-11,13-15H2,1-9H3;1-2H3/b19-12-,29-20?;. The molecule has 0 radical (unpaired) electrons. The Morgan fingerprint density at radius 3 is 2.13 bits per heavy atom. The van der Waals surface area contributed by atoms with Crippen LogP contribution in [0.3, 0.4) is 0 Å². The van der Waals surface area contributed by atoms with Crippen molar-refractivity contribution in [2.45, 2.75) is 105 Å². The first-order valence-corrected chi connectivity index (χ1v) is 13.4. The average molecular weight is 549 g/mol. The van der Waals surface area contributed by atoms with Crippen LogP contribution in [0.5, 0.6) is 0 Å². The third-order valence-electron chi connectivity index (χ3n) is 5.80. The molecular formula is C29H48N4O6. The number of carbonyl (C=O) groups excluding carboxylic acids is 3. The number of aromatic nitrogens is 2. The van der Waals surface area contributed by atoms with Crippen molar-refractivity contribution < 1.29 is 28.6 Å². The number of allylic oxidation sites excluding steroid dienone is 2. The van der Waals surface area contributed by atoms with Gasteiger partial charge in [0.15, 0.2) is 0 Å². The van der Waals surface area contributed by atoms with Crippen molar-refractivity contribution in [3.05, 3.63) is 30.0 Å². The van der Waals surface area contributed by atoms with Gasteiger partial charge in [0.25, 0.3) is 0 Å². The van der Waals surface area contributed by atoms with Crippen LogP contribution in [0.15, 0.2) is 29.3 Å². The van der Waals surface area contributed by atoms with Crippen LogP contribution in [-0.4, -0.2) is 70.7 Å². The normalized spacial score (nSPS) is 19.5. The van der Waals surface area contributed by atoms with Crippen LogP contribution in [0, 0.1) is 5.92 Å². The first-order chi connectivity index (χ1) is 18.0. The van der Waals surface area contributed by atoms with E-state index in [4.69, 9.17) is 9.47 Å². The fourth-order valence-electron chi connectivity index (χ4n) is 4.01. The molecule has 1 saturated carbocycles. The highest BCUT2D eigenvalue weighted by Crippen LogP contribution is 2.54. The first-order valence-electron chi connectivity index (χ1n) is 13.4. The topological polar surface area (TPSA) is 112 Å². The molecule has 2 atom stereocenters. The molecule has 2 amide bonds. The van der Waals surface area contributed by atoms with E-state index in [1.54, 1.807) is 62.1 Å². The highest BCUT2D eigenvalue weighted by Gasteiger charge is 2.56. The van der Waals surface area contributed by atoms with Gasteiger partial charge in [0.1, 0.15) is 29.7 Å². The molecule has 0 bridgehead atoms. The zero-order valence-electron chi connectivity index (χ0n) is 25.7. The van der Waals surface area contributed by atoms with Crippen LogP contribution in [0.1, 0.15) is 93.7 Å². The van der Waals surface area contributed by atoms with Crippen molar-refractivity contribution in [3.8, 4) is 0 Å². The van der Waals surface area contributed by atoms with Crippen molar-refractivity contribution in [2.75, 3.05) is 20.8 Å². The maximum Gasteiger partial charge on any atom is 0.419 e. The minimum Gasteiger partial charge on any atom is -0.443 e. The first kappa shape index (κ1) is 34.0. The van der Waals surface area contributed by atoms with Crippen molar-refractivity contribution >= 4 is 24.3 Å². The smallest absolute Gasteiger partial charge is 0.419 e. The largest absolute Gasteiger partial charge is 0.443 e. The van der Waals surface area contributed by atoms with Crippen LogP contribution in [-0.2, 0) is 24.4 Å². The molecule has 1 fully saturated rings. The number of rotatable bonds is 8. The number of hydrogen-bond acceptors (Lipinski definition) is 8. The van der Waals surface area contributed by atoms with Gasteiger partial charge in [0.2, 0.25) is 0 Å². The SMILES string of the molecule is CC/C=C(/C)N=C(C)n1cnc(C2(C=O)CC2CCCN(C(=O)OC(C)(C)C)C(=O)OC(C)(C)C)c1.COC.